The summed E-state index contributed by atoms with van der Waals surface area (Å²) >= 11 is 11.4. The molecule has 0 spiro atoms. The number of hydrogen-bond donors (Lipinski definition) is 0. The molecule has 0 unspecified atom stereocenters. The predicted octanol–water partition coefficient (Wildman–Crippen LogP) is 6.52. The van der Waals surface area contributed by atoms with E-state index in [1.807, 2.05) is 18.2 Å². The Balaban J connectivity index is 1.75. The maximum Gasteiger partial charge on any atom is 0.0923 e. The van der Waals surface area contributed by atoms with Gasteiger partial charge >= 0.3 is 0 Å². The number of hydrazone groups is 1. The highest BCUT2D eigenvalue weighted by molar-refractivity contribution is 9.10. The van der Waals surface area contributed by atoms with Gasteiger partial charge in [0.05, 0.1) is 17.4 Å². The Bertz CT molecular complexity index is 875. The maximum atomic E-state index is 6.19. The zero-order valence-corrected chi connectivity index (χ0v) is 15.9. The van der Waals surface area contributed by atoms with Gasteiger partial charge in [-0.05, 0) is 47.3 Å². The van der Waals surface area contributed by atoms with Crippen LogP contribution in [-0.4, -0.2) is 5.71 Å². The smallest absolute Gasteiger partial charge is 0.0923 e. The summed E-state index contributed by atoms with van der Waals surface area (Å²) in [7, 11) is 0. The van der Waals surface area contributed by atoms with E-state index in [0.717, 1.165) is 32.9 Å². The number of hydrogen-bond acceptors (Lipinski definition) is 3. The Morgan fingerprint density at radius 2 is 1.92 bits per heavy atom. The largest absolute Gasteiger partial charge is 0.257 e. The van der Waals surface area contributed by atoms with Crippen molar-refractivity contribution in [3.63, 3.8) is 0 Å². The van der Waals surface area contributed by atoms with Gasteiger partial charge in [-0.2, -0.15) is 5.10 Å². The molecule has 0 aliphatic carbocycles. The molecule has 24 heavy (non-hydrogen) atoms. The van der Waals surface area contributed by atoms with E-state index in [1.165, 1.54) is 4.88 Å². The van der Waals surface area contributed by atoms with Gasteiger partial charge in [-0.15, -0.1) is 11.3 Å². The van der Waals surface area contributed by atoms with Crippen molar-refractivity contribution in [2.24, 2.45) is 5.10 Å². The zero-order valence-electron chi connectivity index (χ0n) is 12.7. The third-order valence-electron chi connectivity index (χ3n) is 4.03. The minimum atomic E-state index is 0.210. The topological polar surface area (TPSA) is 15.6 Å². The van der Waals surface area contributed by atoms with Gasteiger partial charge < -0.3 is 0 Å². The van der Waals surface area contributed by atoms with Gasteiger partial charge in [0.1, 0.15) is 0 Å². The molecule has 0 bridgehead atoms. The van der Waals surface area contributed by atoms with Crippen molar-refractivity contribution < 1.29 is 0 Å². The van der Waals surface area contributed by atoms with E-state index in [2.05, 4.69) is 68.8 Å². The lowest BCUT2D eigenvalue weighted by Gasteiger charge is -2.22. The van der Waals surface area contributed by atoms with Crippen LogP contribution in [0.1, 0.15) is 22.9 Å². The van der Waals surface area contributed by atoms with Crippen LogP contribution in [0.2, 0.25) is 5.02 Å². The fraction of sp³-hybridized carbons (Fsp3) is 0.105. The molecule has 2 nitrogen and oxygen atoms in total. The maximum absolute atomic E-state index is 6.19. The average Bonchev–Trinajstić information content (AvgIpc) is 3.25. The standard InChI is InChI=1S/C19H14BrClN2S/c20-14-8-6-13(7-9-14)17-12-18(19-5-2-10-24-19)23(22-17)16-4-1-3-15(21)11-16/h1-11,18H,12H2/t18-/m0/s1. The summed E-state index contributed by atoms with van der Waals surface area (Å²) < 4.78 is 1.08. The van der Waals surface area contributed by atoms with Crippen molar-refractivity contribution >= 4 is 50.3 Å². The van der Waals surface area contributed by atoms with Gasteiger partial charge in [-0.25, -0.2) is 0 Å². The summed E-state index contributed by atoms with van der Waals surface area (Å²) in [6.45, 7) is 0. The Kier molecular flexibility index (Phi) is 4.44. The summed E-state index contributed by atoms with van der Waals surface area (Å²) in [6, 6.07) is 20.7. The molecular weight excluding hydrogens is 404 g/mol. The zero-order chi connectivity index (χ0) is 16.5. The fourth-order valence-corrected chi connectivity index (χ4v) is 4.15. The SMILES string of the molecule is Clc1cccc(N2N=C(c3ccc(Br)cc3)C[C@H]2c2cccs2)c1. The summed E-state index contributed by atoms with van der Waals surface area (Å²) in [6.07, 6.45) is 0.884. The second kappa shape index (κ2) is 6.71. The third kappa shape index (κ3) is 3.14. The highest BCUT2D eigenvalue weighted by Gasteiger charge is 2.30. The number of benzene rings is 2. The first-order valence-corrected chi connectivity index (χ1v) is 9.67. The first-order chi connectivity index (χ1) is 11.7. The molecule has 120 valence electrons. The number of anilines is 1. The Morgan fingerprint density at radius 3 is 2.62 bits per heavy atom. The average molecular weight is 418 g/mol. The number of nitrogens with zero attached hydrogens (tertiary/aromatic N) is 2. The number of thiophene rings is 1. The van der Waals surface area contributed by atoms with Crippen LogP contribution in [0.15, 0.2) is 75.6 Å². The van der Waals surface area contributed by atoms with Crippen molar-refractivity contribution in [2.45, 2.75) is 12.5 Å². The van der Waals surface area contributed by atoms with Gasteiger partial charge in [-0.1, -0.05) is 51.8 Å². The van der Waals surface area contributed by atoms with Crippen LogP contribution >= 0.6 is 38.9 Å². The van der Waals surface area contributed by atoms with E-state index in [0.29, 0.717) is 0 Å². The van der Waals surface area contributed by atoms with E-state index in [1.54, 1.807) is 11.3 Å². The van der Waals surface area contributed by atoms with E-state index in [4.69, 9.17) is 16.7 Å². The molecule has 0 radical (unpaired) electrons. The molecule has 0 N–H and O–H groups in total. The lowest BCUT2D eigenvalue weighted by atomic mass is 10.0. The van der Waals surface area contributed by atoms with E-state index in [-0.39, 0.29) is 6.04 Å². The quantitative estimate of drug-likeness (QED) is 0.473. The highest BCUT2D eigenvalue weighted by Crippen LogP contribution is 2.39. The molecule has 4 rings (SSSR count). The van der Waals surface area contributed by atoms with Crippen molar-refractivity contribution in [2.75, 3.05) is 5.01 Å². The molecule has 0 fully saturated rings. The molecule has 1 aliphatic rings. The van der Waals surface area contributed by atoms with Gasteiger partial charge in [0.25, 0.3) is 0 Å². The van der Waals surface area contributed by atoms with Crippen LogP contribution < -0.4 is 5.01 Å². The molecule has 5 heteroatoms. The Morgan fingerprint density at radius 1 is 1.08 bits per heavy atom. The first-order valence-electron chi connectivity index (χ1n) is 7.62. The van der Waals surface area contributed by atoms with Crippen molar-refractivity contribution in [1.29, 1.82) is 0 Å². The Hall–Kier alpha value is -1.62. The minimum Gasteiger partial charge on any atom is -0.257 e. The summed E-state index contributed by atoms with van der Waals surface area (Å²) in [5.74, 6) is 0. The molecule has 2 heterocycles. The van der Waals surface area contributed by atoms with Gasteiger partial charge in [-0.3, -0.25) is 5.01 Å². The van der Waals surface area contributed by atoms with E-state index >= 15 is 0 Å². The monoisotopic (exact) mass is 416 g/mol. The van der Waals surface area contributed by atoms with Crippen LogP contribution in [0.4, 0.5) is 5.69 Å². The van der Waals surface area contributed by atoms with Crippen LogP contribution in [0.25, 0.3) is 0 Å². The molecule has 1 aromatic heterocycles. The van der Waals surface area contributed by atoms with Crippen molar-refractivity contribution in [3.05, 3.63) is 86.0 Å². The van der Waals surface area contributed by atoms with Gasteiger partial charge in [0.2, 0.25) is 0 Å². The summed E-state index contributed by atoms with van der Waals surface area (Å²) in [4.78, 5) is 1.31. The number of halogens is 2. The predicted molar refractivity (Wildman–Crippen MR) is 106 cm³/mol. The van der Waals surface area contributed by atoms with Crippen molar-refractivity contribution in [3.8, 4) is 0 Å². The second-order valence-electron chi connectivity index (χ2n) is 5.61. The normalized spacial score (nSPS) is 17.2. The number of rotatable bonds is 3. The highest BCUT2D eigenvalue weighted by atomic mass is 79.9. The molecule has 0 amide bonds. The van der Waals surface area contributed by atoms with E-state index < -0.39 is 0 Å². The first kappa shape index (κ1) is 15.9. The molecule has 0 saturated carbocycles. The molecule has 0 saturated heterocycles. The Labute approximate surface area is 158 Å². The van der Waals surface area contributed by atoms with Crippen LogP contribution in [0.3, 0.4) is 0 Å². The molecule has 3 aromatic rings. The third-order valence-corrected chi connectivity index (χ3v) is 5.77. The lowest BCUT2D eigenvalue weighted by Crippen LogP contribution is -2.17. The molecular formula is C19H14BrClN2S. The van der Waals surface area contributed by atoms with E-state index in [9.17, 15) is 0 Å². The minimum absolute atomic E-state index is 0.210. The lowest BCUT2D eigenvalue weighted by molar-refractivity contribution is 0.722. The van der Waals surface area contributed by atoms with Crippen LogP contribution in [-0.2, 0) is 0 Å². The molecule has 1 aliphatic heterocycles. The molecule has 2 aromatic carbocycles. The second-order valence-corrected chi connectivity index (χ2v) is 7.94. The fourth-order valence-electron chi connectivity index (χ4n) is 2.89. The van der Waals surface area contributed by atoms with Gasteiger partial charge in [0.15, 0.2) is 0 Å². The van der Waals surface area contributed by atoms with Crippen molar-refractivity contribution in [1.82, 2.24) is 0 Å². The van der Waals surface area contributed by atoms with Crippen LogP contribution in [0.5, 0.6) is 0 Å². The summed E-state index contributed by atoms with van der Waals surface area (Å²) in [5.41, 5.74) is 3.28. The van der Waals surface area contributed by atoms with Gasteiger partial charge in [0, 0.05) is 20.8 Å². The summed E-state index contributed by atoms with van der Waals surface area (Å²) in [5, 5.41) is 9.85. The molecule has 1 atom stereocenters. The van der Waals surface area contributed by atoms with Crippen LogP contribution in [0, 0.1) is 0 Å².